The Hall–Kier alpha value is -2.25. The maximum Gasteiger partial charge on any atom is 0.245 e. The summed E-state index contributed by atoms with van der Waals surface area (Å²) in [5, 5.41) is 5.25. The molecule has 1 atom stereocenters. The molecule has 0 radical (unpaired) electrons. The highest BCUT2D eigenvalue weighted by molar-refractivity contribution is 7.13. The van der Waals surface area contributed by atoms with Crippen LogP contribution in [0.3, 0.4) is 0 Å². The molecule has 0 aliphatic heterocycles. The van der Waals surface area contributed by atoms with Crippen LogP contribution in [0.15, 0.2) is 35.7 Å². The fourth-order valence-electron chi connectivity index (χ4n) is 2.83. The predicted molar refractivity (Wildman–Crippen MR) is 109 cm³/mol. The monoisotopic (exact) mass is 389 g/mol. The highest BCUT2D eigenvalue weighted by Crippen LogP contribution is 2.22. The number of thiazole rings is 1. The van der Waals surface area contributed by atoms with Crippen LogP contribution in [-0.4, -0.2) is 55.4 Å². The quantitative estimate of drug-likeness (QED) is 0.684. The third-order valence-electron chi connectivity index (χ3n) is 4.30. The van der Waals surface area contributed by atoms with Gasteiger partial charge in [0.15, 0.2) is 5.13 Å². The average Bonchev–Trinajstić information content (AvgIpc) is 3.04. The first kappa shape index (κ1) is 21.1. The fraction of sp³-hybridized carbons (Fsp3) is 0.450. The Balaban J connectivity index is 2.11. The second kappa shape index (κ2) is 10.2. The molecule has 1 aromatic heterocycles. The maximum atomic E-state index is 13.2. The number of aryl methyl sites for hydroxylation is 1. The second-order valence-electron chi connectivity index (χ2n) is 6.93. The first-order valence-corrected chi connectivity index (χ1v) is 10.1. The summed E-state index contributed by atoms with van der Waals surface area (Å²) in [5.41, 5.74) is 1.86. The van der Waals surface area contributed by atoms with Gasteiger partial charge in [0.25, 0.3) is 0 Å². The lowest BCUT2D eigenvalue weighted by Crippen LogP contribution is -3.06. The molecule has 2 rings (SSSR count). The van der Waals surface area contributed by atoms with E-state index < -0.39 is 0 Å². The first-order valence-electron chi connectivity index (χ1n) is 9.25. The van der Waals surface area contributed by atoms with E-state index in [1.165, 1.54) is 16.2 Å². The molecule has 0 fully saturated rings. The van der Waals surface area contributed by atoms with Gasteiger partial charge < -0.3 is 15.1 Å². The normalized spacial score (nSPS) is 12.0. The molecule has 0 spiro atoms. The van der Waals surface area contributed by atoms with E-state index in [-0.39, 0.29) is 24.3 Å². The van der Waals surface area contributed by atoms with Gasteiger partial charge >= 0.3 is 0 Å². The topological polar surface area (TPSA) is 66.7 Å². The summed E-state index contributed by atoms with van der Waals surface area (Å²) in [6, 6.07) is 9.77. The molecule has 7 heteroatoms. The van der Waals surface area contributed by atoms with Crippen LogP contribution in [0.25, 0.3) is 0 Å². The Kier molecular flexibility index (Phi) is 7.94. The van der Waals surface area contributed by atoms with E-state index in [1.54, 1.807) is 4.90 Å². The van der Waals surface area contributed by atoms with Crippen molar-refractivity contribution >= 4 is 28.3 Å². The van der Waals surface area contributed by atoms with Crippen LogP contribution in [0.2, 0.25) is 0 Å². The van der Waals surface area contributed by atoms with Gasteiger partial charge in [0.2, 0.25) is 11.8 Å². The van der Waals surface area contributed by atoms with Gasteiger partial charge in [0.05, 0.1) is 38.8 Å². The van der Waals surface area contributed by atoms with Crippen molar-refractivity contribution in [3.8, 4) is 0 Å². The van der Waals surface area contributed by atoms with Crippen molar-refractivity contribution in [3.63, 3.8) is 0 Å². The third kappa shape index (κ3) is 6.45. The first-order chi connectivity index (χ1) is 12.9. The van der Waals surface area contributed by atoms with E-state index in [0.717, 1.165) is 17.8 Å². The van der Waals surface area contributed by atoms with E-state index in [9.17, 15) is 9.59 Å². The Morgan fingerprint density at radius 2 is 1.96 bits per heavy atom. The van der Waals surface area contributed by atoms with Gasteiger partial charge in [-0.05, 0) is 18.9 Å². The molecule has 2 N–H and O–H groups in total. The van der Waals surface area contributed by atoms with Crippen molar-refractivity contribution in [2.24, 2.45) is 0 Å². The zero-order chi connectivity index (χ0) is 19.8. The van der Waals surface area contributed by atoms with Gasteiger partial charge in [-0.1, -0.05) is 37.3 Å². The van der Waals surface area contributed by atoms with Gasteiger partial charge in [0, 0.05) is 5.38 Å². The van der Waals surface area contributed by atoms with Gasteiger partial charge in [-0.15, -0.1) is 11.3 Å². The lowest BCUT2D eigenvalue weighted by molar-refractivity contribution is -0.857. The standard InChI is InChI=1S/C20H28N4O2S/c1-5-17(16-9-7-6-8-10-16)19(26)24(12-11-23(3)4)13-18(25)22-20-21-15(2)14-27-20/h6-10,14,17H,5,11-13H2,1-4H3,(H,21,22,25)/p+1/t17-/m1/s1. The summed E-state index contributed by atoms with van der Waals surface area (Å²) in [6.45, 7) is 5.24. The van der Waals surface area contributed by atoms with Gasteiger partial charge in [0.1, 0.15) is 6.54 Å². The Labute approximate surface area is 165 Å². The minimum absolute atomic E-state index is 0.00424. The molecule has 0 saturated carbocycles. The van der Waals surface area contributed by atoms with Crippen LogP contribution in [0.4, 0.5) is 5.13 Å². The zero-order valence-corrected chi connectivity index (χ0v) is 17.3. The van der Waals surface area contributed by atoms with Crippen LogP contribution in [-0.2, 0) is 9.59 Å². The molecule has 0 aliphatic rings. The number of anilines is 1. The number of rotatable bonds is 9. The van der Waals surface area contributed by atoms with Crippen molar-refractivity contribution in [1.29, 1.82) is 0 Å². The molecular weight excluding hydrogens is 360 g/mol. The highest BCUT2D eigenvalue weighted by Gasteiger charge is 2.26. The number of carbonyl (C=O) groups is 2. The Morgan fingerprint density at radius 1 is 1.26 bits per heavy atom. The summed E-state index contributed by atoms with van der Waals surface area (Å²) >= 11 is 1.39. The number of amides is 2. The Morgan fingerprint density at radius 3 is 2.52 bits per heavy atom. The number of benzene rings is 1. The minimum atomic E-state index is -0.238. The average molecular weight is 390 g/mol. The molecule has 2 aromatic rings. The zero-order valence-electron chi connectivity index (χ0n) is 16.5. The second-order valence-corrected chi connectivity index (χ2v) is 7.79. The number of nitrogens with one attached hydrogen (secondary N) is 2. The lowest BCUT2D eigenvalue weighted by Gasteiger charge is -2.27. The summed E-state index contributed by atoms with van der Waals surface area (Å²) in [6.07, 6.45) is 0.696. The molecule has 2 amide bonds. The van der Waals surface area contributed by atoms with E-state index in [2.05, 4.69) is 10.3 Å². The number of hydrogen-bond donors (Lipinski definition) is 2. The van der Waals surface area contributed by atoms with Gasteiger partial charge in [-0.25, -0.2) is 4.98 Å². The van der Waals surface area contributed by atoms with Crippen molar-refractivity contribution in [3.05, 3.63) is 47.0 Å². The summed E-state index contributed by atoms with van der Waals surface area (Å²) in [5.74, 6) is -0.456. The van der Waals surface area contributed by atoms with Crippen LogP contribution in [0.1, 0.15) is 30.5 Å². The van der Waals surface area contributed by atoms with Crippen LogP contribution in [0.5, 0.6) is 0 Å². The highest BCUT2D eigenvalue weighted by atomic mass is 32.1. The molecule has 27 heavy (non-hydrogen) atoms. The van der Waals surface area contributed by atoms with Gasteiger partial charge in [-0.3, -0.25) is 9.59 Å². The maximum absolute atomic E-state index is 13.2. The van der Waals surface area contributed by atoms with E-state index in [4.69, 9.17) is 0 Å². The molecular formula is C20H29N4O2S+. The van der Waals surface area contributed by atoms with E-state index in [1.807, 2.05) is 63.7 Å². The van der Waals surface area contributed by atoms with Gasteiger partial charge in [-0.2, -0.15) is 0 Å². The van der Waals surface area contributed by atoms with Crippen LogP contribution < -0.4 is 10.2 Å². The van der Waals surface area contributed by atoms with E-state index in [0.29, 0.717) is 18.1 Å². The lowest BCUT2D eigenvalue weighted by atomic mass is 9.95. The molecule has 0 bridgehead atoms. The number of likely N-dealkylation sites (N-methyl/N-ethyl adjacent to an activating group) is 1. The molecule has 0 saturated heterocycles. The number of quaternary nitrogens is 1. The number of aromatic nitrogens is 1. The number of hydrogen-bond acceptors (Lipinski definition) is 4. The van der Waals surface area contributed by atoms with Crippen molar-refractivity contribution in [2.75, 3.05) is 39.0 Å². The van der Waals surface area contributed by atoms with Crippen LogP contribution >= 0.6 is 11.3 Å². The summed E-state index contributed by atoms with van der Waals surface area (Å²) < 4.78 is 0. The van der Waals surface area contributed by atoms with Crippen molar-refractivity contribution in [1.82, 2.24) is 9.88 Å². The Bertz CT molecular complexity index is 745. The molecule has 1 heterocycles. The SMILES string of the molecule is CC[C@@H](C(=O)N(CC[NH+](C)C)CC(=O)Nc1nc(C)cs1)c1ccccc1. The fourth-order valence-corrected chi connectivity index (χ4v) is 3.53. The summed E-state index contributed by atoms with van der Waals surface area (Å²) in [7, 11) is 4.07. The smallest absolute Gasteiger partial charge is 0.245 e. The third-order valence-corrected chi connectivity index (χ3v) is 5.18. The predicted octanol–water partition coefficient (Wildman–Crippen LogP) is 1.56. The minimum Gasteiger partial charge on any atom is -0.338 e. The molecule has 6 nitrogen and oxygen atoms in total. The summed E-state index contributed by atoms with van der Waals surface area (Å²) in [4.78, 5) is 32.8. The number of nitrogens with zero attached hydrogens (tertiary/aromatic N) is 2. The molecule has 0 aliphatic carbocycles. The van der Waals surface area contributed by atoms with E-state index >= 15 is 0 Å². The largest absolute Gasteiger partial charge is 0.338 e. The number of carbonyl (C=O) groups excluding carboxylic acids is 2. The molecule has 0 unspecified atom stereocenters. The van der Waals surface area contributed by atoms with Crippen molar-refractivity contribution < 1.29 is 14.5 Å². The molecule has 146 valence electrons. The van der Waals surface area contributed by atoms with Crippen molar-refractivity contribution in [2.45, 2.75) is 26.2 Å². The molecule has 1 aromatic carbocycles. The van der Waals surface area contributed by atoms with Crippen LogP contribution in [0, 0.1) is 6.92 Å².